The second kappa shape index (κ2) is 2.93. The van der Waals surface area contributed by atoms with Crippen LogP contribution < -0.4 is 0 Å². The molecule has 0 unspecified atom stereocenters. The molecule has 0 radical (unpaired) electrons. The zero-order valence-electron chi connectivity index (χ0n) is 6.58. The average molecular weight is 316 g/mol. The lowest BCUT2D eigenvalue weighted by molar-refractivity contribution is 2.01. The average Bonchev–Trinajstić information content (AvgIpc) is 2.65. The Balaban J connectivity index is 2.64. The van der Waals surface area contributed by atoms with Crippen LogP contribution in [0.3, 0.4) is 0 Å². The summed E-state index contributed by atoms with van der Waals surface area (Å²) in [5.41, 5.74) is 0. The zero-order valence-corrected chi connectivity index (χ0v) is 10.4. The highest BCUT2D eigenvalue weighted by Gasteiger charge is 2.04. The molecule has 2 heterocycles. The van der Waals surface area contributed by atoms with Gasteiger partial charge in [-0.05, 0) is 52.2 Å². The molecule has 3 heteroatoms. The second-order valence-corrected chi connectivity index (χ2v) is 6.79. The van der Waals surface area contributed by atoms with Crippen molar-refractivity contribution in [3.05, 3.63) is 32.5 Å². The maximum atomic E-state index is 2.39. The highest BCUT2D eigenvalue weighted by molar-refractivity contribution is 14.1. The summed E-state index contributed by atoms with van der Waals surface area (Å²) < 4.78 is 4.16. The molecule has 0 nitrogen and oxygen atoms in total. The van der Waals surface area contributed by atoms with Crippen LogP contribution in [-0.2, 0) is 0 Å². The smallest absolute Gasteiger partial charge is 0.0666 e. The molecule has 0 atom stereocenters. The van der Waals surface area contributed by atoms with Gasteiger partial charge in [-0.2, -0.15) is 0 Å². The Bertz CT molecular complexity index is 577. The SMILES string of the molecule is Ic1cc2c(ccc3sccc32)s1. The number of fused-ring (bicyclic) bond motifs is 3. The topological polar surface area (TPSA) is 0 Å². The first-order valence-corrected chi connectivity index (χ1v) is 6.67. The first-order chi connectivity index (χ1) is 6.34. The summed E-state index contributed by atoms with van der Waals surface area (Å²) in [6.45, 7) is 0. The van der Waals surface area contributed by atoms with Gasteiger partial charge in [0.05, 0.1) is 2.88 Å². The number of benzene rings is 1. The van der Waals surface area contributed by atoms with Crippen molar-refractivity contribution < 1.29 is 0 Å². The first-order valence-electron chi connectivity index (χ1n) is 3.90. The maximum absolute atomic E-state index is 2.39. The molecule has 0 fully saturated rings. The van der Waals surface area contributed by atoms with Crippen molar-refractivity contribution in [1.82, 2.24) is 0 Å². The molecule has 3 rings (SSSR count). The van der Waals surface area contributed by atoms with Gasteiger partial charge < -0.3 is 0 Å². The molecule has 0 aliphatic rings. The summed E-state index contributed by atoms with van der Waals surface area (Å²) >= 11 is 6.06. The summed E-state index contributed by atoms with van der Waals surface area (Å²) in [5, 5.41) is 4.98. The Hall–Kier alpha value is -0.130. The molecule has 3 aromatic rings. The van der Waals surface area contributed by atoms with Gasteiger partial charge in [-0.1, -0.05) is 0 Å². The monoisotopic (exact) mass is 316 g/mol. The van der Waals surface area contributed by atoms with Crippen LogP contribution in [0.25, 0.3) is 20.2 Å². The third-order valence-corrected chi connectivity index (χ3v) is 4.85. The van der Waals surface area contributed by atoms with Crippen molar-refractivity contribution in [3.8, 4) is 0 Å². The fourth-order valence-electron chi connectivity index (χ4n) is 1.53. The molecule has 0 spiro atoms. The van der Waals surface area contributed by atoms with Crippen LogP contribution >= 0.6 is 45.3 Å². The van der Waals surface area contributed by atoms with Gasteiger partial charge in [-0.15, -0.1) is 22.7 Å². The van der Waals surface area contributed by atoms with Gasteiger partial charge in [0.25, 0.3) is 0 Å². The molecule has 2 aromatic heterocycles. The van der Waals surface area contributed by atoms with Gasteiger partial charge in [0.2, 0.25) is 0 Å². The predicted molar refractivity (Wildman–Crippen MR) is 69.9 cm³/mol. The van der Waals surface area contributed by atoms with Crippen molar-refractivity contribution in [1.29, 1.82) is 0 Å². The van der Waals surface area contributed by atoms with Crippen LogP contribution in [0.1, 0.15) is 0 Å². The van der Waals surface area contributed by atoms with E-state index in [-0.39, 0.29) is 0 Å². The minimum absolute atomic E-state index is 1.37. The van der Waals surface area contributed by atoms with Crippen LogP contribution in [0.2, 0.25) is 0 Å². The van der Waals surface area contributed by atoms with E-state index in [0.717, 1.165) is 0 Å². The molecule has 0 N–H and O–H groups in total. The molecule has 0 aliphatic heterocycles. The van der Waals surface area contributed by atoms with E-state index in [1.807, 2.05) is 22.7 Å². The van der Waals surface area contributed by atoms with Crippen LogP contribution in [-0.4, -0.2) is 0 Å². The highest BCUT2D eigenvalue weighted by atomic mass is 127. The quantitative estimate of drug-likeness (QED) is 0.526. The maximum Gasteiger partial charge on any atom is 0.0666 e. The van der Waals surface area contributed by atoms with Crippen molar-refractivity contribution in [2.24, 2.45) is 0 Å². The van der Waals surface area contributed by atoms with E-state index in [1.54, 1.807) is 0 Å². The van der Waals surface area contributed by atoms with Crippen molar-refractivity contribution in [3.63, 3.8) is 0 Å². The Kier molecular flexibility index (Phi) is 1.85. The fraction of sp³-hybridized carbons (Fsp3) is 0. The van der Waals surface area contributed by atoms with E-state index in [1.165, 1.54) is 23.1 Å². The van der Waals surface area contributed by atoms with Crippen LogP contribution in [0.4, 0.5) is 0 Å². The summed E-state index contributed by atoms with van der Waals surface area (Å²) in [4.78, 5) is 0. The molecule has 64 valence electrons. The van der Waals surface area contributed by atoms with Crippen LogP contribution in [0, 0.1) is 2.88 Å². The molecular formula is C10H5IS2. The summed E-state index contributed by atoms with van der Waals surface area (Å²) in [7, 11) is 0. The van der Waals surface area contributed by atoms with Gasteiger partial charge in [-0.25, -0.2) is 0 Å². The molecule has 13 heavy (non-hydrogen) atoms. The van der Waals surface area contributed by atoms with E-state index in [2.05, 4.69) is 52.2 Å². The standard InChI is InChI=1S/C10H5IS2/c11-10-5-7-6-3-4-12-8(6)1-2-9(7)13-10/h1-5H. The lowest BCUT2D eigenvalue weighted by Gasteiger charge is -1.90. The Labute approximate surface area is 97.3 Å². The van der Waals surface area contributed by atoms with Gasteiger partial charge >= 0.3 is 0 Å². The number of rotatable bonds is 0. The molecule has 0 bridgehead atoms. The minimum Gasteiger partial charge on any atom is -0.144 e. The third kappa shape index (κ3) is 1.21. The van der Waals surface area contributed by atoms with E-state index < -0.39 is 0 Å². The first kappa shape index (κ1) is 8.20. The number of halogens is 1. The van der Waals surface area contributed by atoms with E-state index in [0.29, 0.717) is 0 Å². The Morgan fingerprint density at radius 1 is 1.00 bits per heavy atom. The molecular weight excluding hydrogens is 311 g/mol. The zero-order chi connectivity index (χ0) is 8.84. The van der Waals surface area contributed by atoms with Crippen LogP contribution in [0.5, 0.6) is 0 Å². The van der Waals surface area contributed by atoms with E-state index >= 15 is 0 Å². The number of hydrogen-bond acceptors (Lipinski definition) is 2. The van der Waals surface area contributed by atoms with Gasteiger partial charge in [0, 0.05) is 20.2 Å². The second-order valence-electron chi connectivity index (χ2n) is 2.86. The lowest BCUT2D eigenvalue weighted by atomic mass is 10.2. The Morgan fingerprint density at radius 2 is 1.85 bits per heavy atom. The van der Waals surface area contributed by atoms with Crippen molar-refractivity contribution in [2.75, 3.05) is 0 Å². The number of hydrogen-bond donors (Lipinski definition) is 0. The molecule has 0 amide bonds. The molecule has 0 aliphatic carbocycles. The third-order valence-electron chi connectivity index (χ3n) is 2.10. The van der Waals surface area contributed by atoms with Crippen LogP contribution in [0.15, 0.2) is 29.6 Å². The molecule has 1 aromatic carbocycles. The predicted octanol–water partition coefficient (Wildman–Crippen LogP) is 4.72. The largest absolute Gasteiger partial charge is 0.144 e. The Morgan fingerprint density at radius 3 is 2.77 bits per heavy atom. The lowest BCUT2D eigenvalue weighted by Crippen LogP contribution is -1.63. The number of thiophene rings is 2. The van der Waals surface area contributed by atoms with E-state index in [4.69, 9.17) is 0 Å². The minimum atomic E-state index is 1.37. The van der Waals surface area contributed by atoms with Crippen molar-refractivity contribution >= 4 is 65.4 Å². The van der Waals surface area contributed by atoms with Gasteiger partial charge in [0.1, 0.15) is 0 Å². The van der Waals surface area contributed by atoms with Crippen molar-refractivity contribution in [2.45, 2.75) is 0 Å². The van der Waals surface area contributed by atoms with E-state index in [9.17, 15) is 0 Å². The molecule has 0 saturated heterocycles. The summed E-state index contributed by atoms with van der Waals surface area (Å²) in [6, 6.07) is 8.93. The van der Waals surface area contributed by atoms with Gasteiger partial charge in [-0.3, -0.25) is 0 Å². The highest BCUT2D eigenvalue weighted by Crippen LogP contribution is 2.34. The fourth-order valence-corrected chi connectivity index (χ4v) is 4.16. The molecule has 0 saturated carbocycles. The summed E-state index contributed by atoms with van der Waals surface area (Å²) in [5.74, 6) is 0. The van der Waals surface area contributed by atoms with Gasteiger partial charge in [0.15, 0.2) is 0 Å². The normalized spacial score (nSPS) is 11.5. The summed E-state index contributed by atoms with van der Waals surface area (Å²) in [6.07, 6.45) is 0.